The highest BCUT2D eigenvalue weighted by atomic mass is 35.5. The van der Waals surface area contributed by atoms with Crippen LogP contribution >= 0.6 is 11.6 Å². The standard InChI is InChI=1S/C11H13ClN4O2/c12-9-5-10(16-11(15-9)13-7-14-16)18-6-8-1-3-17-4-2-8/h5,7-8H,1-4,6H2. The number of nitrogens with zero attached hydrogens (tertiary/aromatic N) is 4. The molecule has 1 aliphatic heterocycles. The molecule has 1 fully saturated rings. The summed E-state index contributed by atoms with van der Waals surface area (Å²) in [5.41, 5.74) is 0. The van der Waals surface area contributed by atoms with Gasteiger partial charge in [-0.25, -0.2) is 0 Å². The minimum atomic E-state index is 0.359. The van der Waals surface area contributed by atoms with Crippen LogP contribution in [0.3, 0.4) is 0 Å². The summed E-state index contributed by atoms with van der Waals surface area (Å²) in [5, 5.41) is 4.42. The zero-order valence-electron chi connectivity index (χ0n) is 9.75. The summed E-state index contributed by atoms with van der Waals surface area (Å²) in [7, 11) is 0. The van der Waals surface area contributed by atoms with Gasteiger partial charge in [-0.15, -0.1) is 0 Å². The molecule has 0 aliphatic carbocycles. The molecule has 1 saturated heterocycles. The summed E-state index contributed by atoms with van der Waals surface area (Å²) in [6.45, 7) is 2.26. The van der Waals surface area contributed by atoms with Crippen molar-refractivity contribution < 1.29 is 9.47 Å². The molecule has 6 nitrogen and oxygen atoms in total. The largest absolute Gasteiger partial charge is 0.477 e. The summed E-state index contributed by atoms with van der Waals surface area (Å²) >= 11 is 5.91. The molecule has 0 unspecified atom stereocenters. The van der Waals surface area contributed by atoms with Crippen molar-refractivity contribution in [2.75, 3.05) is 19.8 Å². The van der Waals surface area contributed by atoms with Gasteiger partial charge in [-0.05, 0) is 18.8 Å². The summed E-state index contributed by atoms with van der Waals surface area (Å²) in [4.78, 5) is 8.04. The molecule has 2 aromatic heterocycles. The third-order valence-corrected chi connectivity index (χ3v) is 3.19. The van der Waals surface area contributed by atoms with Crippen LogP contribution in [-0.2, 0) is 4.74 Å². The van der Waals surface area contributed by atoms with E-state index in [1.807, 2.05) is 0 Å². The van der Waals surface area contributed by atoms with Gasteiger partial charge in [-0.3, -0.25) is 0 Å². The topological polar surface area (TPSA) is 61.5 Å². The van der Waals surface area contributed by atoms with Crippen molar-refractivity contribution in [3.63, 3.8) is 0 Å². The molecule has 0 N–H and O–H groups in total. The average molecular weight is 269 g/mol. The first-order valence-corrected chi connectivity index (χ1v) is 6.27. The van der Waals surface area contributed by atoms with E-state index in [9.17, 15) is 0 Å². The minimum Gasteiger partial charge on any atom is -0.477 e. The summed E-state index contributed by atoms with van der Waals surface area (Å²) < 4.78 is 12.6. The normalized spacial score (nSPS) is 17.2. The van der Waals surface area contributed by atoms with E-state index >= 15 is 0 Å². The van der Waals surface area contributed by atoms with Gasteiger partial charge in [0.2, 0.25) is 5.88 Å². The number of ether oxygens (including phenoxy) is 2. The third-order valence-electron chi connectivity index (χ3n) is 3.00. The van der Waals surface area contributed by atoms with Gasteiger partial charge in [-0.2, -0.15) is 19.6 Å². The highest BCUT2D eigenvalue weighted by Gasteiger charge is 2.16. The molecule has 0 atom stereocenters. The number of hydrogen-bond donors (Lipinski definition) is 0. The van der Waals surface area contributed by atoms with E-state index < -0.39 is 0 Å². The lowest BCUT2D eigenvalue weighted by Crippen LogP contribution is -2.22. The highest BCUT2D eigenvalue weighted by Crippen LogP contribution is 2.20. The second-order valence-corrected chi connectivity index (χ2v) is 4.64. The maximum atomic E-state index is 5.91. The first-order valence-electron chi connectivity index (χ1n) is 5.90. The predicted molar refractivity (Wildman–Crippen MR) is 64.8 cm³/mol. The van der Waals surface area contributed by atoms with Crippen LogP contribution in [0.4, 0.5) is 0 Å². The molecule has 0 aromatic carbocycles. The fourth-order valence-electron chi connectivity index (χ4n) is 1.98. The Balaban J connectivity index is 1.75. The molecule has 2 aromatic rings. The Bertz CT molecular complexity index is 539. The molecule has 0 amide bonds. The highest BCUT2D eigenvalue weighted by molar-refractivity contribution is 6.29. The predicted octanol–water partition coefficient (Wildman–Crippen LogP) is 1.58. The van der Waals surface area contributed by atoms with E-state index in [0.717, 1.165) is 26.1 Å². The van der Waals surface area contributed by atoms with Crippen molar-refractivity contribution >= 4 is 17.4 Å². The lowest BCUT2D eigenvalue weighted by molar-refractivity contribution is 0.0486. The lowest BCUT2D eigenvalue weighted by atomic mass is 10.0. The van der Waals surface area contributed by atoms with Crippen LogP contribution in [0.5, 0.6) is 5.88 Å². The number of halogens is 1. The van der Waals surface area contributed by atoms with E-state index in [0.29, 0.717) is 29.3 Å². The van der Waals surface area contributed by atoms with Crippen molar-refractivity contribution in [2.24, 2.45) is 5.92 Å². The zero-order valence-corrected chi connectivity index (χ0v) is 10.5. The fourth-order valence-corrected chi connectivity index (χ4v) is 2.15. The Morgan fingerprint density at radius 2 is 2.28 bits per heavy atom. The van der Waals surface area contributed by atoms with E-state index in [-0.39, 0.29) is 0 Å². The molecule has 7 heteroatoms. The minimum absolute atomic E-state index is 0.359. The summed E-state index contributed by atoms with van der Waals surface area (Å²) in [5.74, 6) is 1.54. The van der Waals surface area contributed by atoms with Crippen molar-refractivity contribution in [1.29, 1.82) is 0 Å². The SMILES string of the molecule is Clc1cc(OCC2CCOCC2)n2ncnc2n1. The fraction of sp³-hybridized carbons (Fsp3) is 0.545. The van der Waals surface area contributed by atoms with Crippen molar-refractivity contribution in [3.8, 4) is 5.88 Å². The van der Waals surface area contributed by atoms with Gasteiger partial charge < -0.3 is 9.47 Å². The molecule has 0 bridgehead atoms. The molecule has 1 aliphatic rings. The van der Waals surface area contributed by atoms with Gasteiger partial charge in [0.05, 0.1) is 6.61 Å². The van der Waals surface area contributed by atoms with Crippen LogP contribution in [0, 0.1) is 5.92 Å². The number of aromatic nitrogens is 4. The van der Waals surface area contributed by atoms with E-state index in [2.05, 4.69) is 15.1 Å². The van der Waals surface area contributed by atoms with Gasteiger partial charge in [-0.1, -0.05) is 11.6 Å². The summed E-state index contributed by atoms with van der Waals surface area (Å²) in [6.07, 6.45) is 3.48. The number of fused-ring (bicyclic) bond motifs is 1. The number of rotatable bonds is 3. The Morgan fingerprint density at radius 3 is 3.11 bits per heavy atom. The Morgan fingerprint density at radius 1 is 1.44 bits per heavy atom. The number of hydrogen-bond acceptors (Lipinski definition) is 5. The van der Waals surface area contributed by atoms with Gasteiger partial charge in [0.1, 0.15) is 11.5 Å². The van der Waals surface area contributed by atoms with Crippen molar-refractivity contribution in [2.45, 2.75) is 12.8 Å². The van der Waals surface area contributed by atoms with Crippen molar-refractivity contribution in [3.05, 3.63) is 17.5 Å². The van der Waals surface area contributed by atoms with Crippen LogP contribution in [0.1, 0.15) is 12.8 Å². The van der Waals surface area contributed by atoms with E-state index in [1.165, 1.54) is 6.33 Å². The monoisotopic (exact) mass is 268 g/mol. The summed E-state index contributed by atoms with van der Waals surface area (Å²) in [6, 6.07) is 1.66. The van der Waals surface area contributed by atoms with Gasteiger partial charge >= 0.3 is 0 Å². The Kier molecular flexibility index (Phi) is 3.29. The Hall–Kier alpha value is -1.40. The second kappa shape index (κ2) is 5.07. The molecular formula is C11H13ClN4O2. The first-order chi connectivity index (χ1) is 8.83. The molecule has 3 rings (SSSR count). The van der Waals surface area contributed by atoms with Crippen LogP contribution in [0.15, 0.2) is 12.4 Å². The van der Waals surface area contributed by atoms with E-state index in [1.54, 1.807) is 10.6 Å². The van der Waals surface area contributed by atoms with Crippen molar-refractivity contribution in [1.82, 2.24) is 19.6 Å². The van der Waals surface area contributed by atoms with Crippen LogP contribution in [0.2, 0.25) is 5.15 Å². The van der Waals surface area contributed by atoms with Gasteiger partial charge in [0.15, 0.2) is 0 Å². The van der Waals surface area contributed by atoms with Crippen LogP contribution < -0.4 is 4.74 Å². The van der Waals surface area contributed by atoms with Gasteiger partial charge in [0.25, 0.3) is 5.78 Å². The lowest BCUT2D eigenvalue weighted by Gasteiger charge is -2.22. The molecule has 0 saturated carbocycles. The molecule has 96 valence electrons. The Labute approximate surface area is 109 Å². The third kappa shape index (κ3) is 2.39. The molecular weight excluding hydrogens is 256 g/mol. The van der Waals surface area contributed by atoms with E-state index in [4.69, 9.17) is 21.1 Å². The smallest absolute Gasteiger partial charge is 0.256 e. The molecule has 18 heavy (non-hydrogen) atoms. The molecule has 3 heterocycles. The first kappa shape index (κ1) is 11.7. The second-order valence-electron chi connectivity index (χ2n) is 4.26. The maximum Gasteiger partial charge on any atom is 0.256 e. The molecule has 0 radical (unpaired) electrons. The molecule has 0 spiro atoms. The van der Waals surface area contributed by atoms with Crippen LogP contribution in [-0.4, -0.2) is 39.4 Å². The quantitative estimate of drug-likeness (QED) is 0.791. The maximum absolute atomic E-state index is 5.91. The zero-order chi connectivity index (χ0) is 12.4. The van der Waals surface area contributed by atoms with Gasteiger partial charge in [0, 0.05) is 19.3 Å². The van der Waals surface area contributed by atoms with Crippen LogP contribution in [0.25, 0.3) is 5.78 Å². The average Bonchev–Trinajstić information content (AvgIpc) is 2.85.